The SMILES string of the molecule is CC1CCCC1(CN)N(C)C1CCS(=O)(=O)C1. The van der Waals surface area contributed by atoms with Gasteiger partial charge in [-0.25, -0.2) is 8.42 Å². The Balaban J connectivity index is 2.16. The van der Waals surface area contributed by atoms with E-state index in [0.29, 0.717) is 24.0 Å². The fourth-order valence-electron chi connectivity index (χ4n) is 3.65. The predicted molar refractivity (Wildman–Crippen MR) is 69.6 cm³/mol. The summed E-state index contributed by atoms with van der Waals surface area (Å²) in [7, 11) is -0.735. The van der Waals surface area contributed by atoms with Crippen molar-refractivity contribution in [3.05, 3.63) is 0 Å². The molecule has 5 heteroatoms. The molecule has 4 nitrogen and oxygen atoms in total. The van der Waals surface area contributed by atoms with Crippen molar-refractivity contribution in [2.75, 3.05) is 25.1 Å². The zero-order chi connectivity index (χ0) is 12.7. The molecular formula is C12H24N2O2S. The molecule has 1 aliphatic heterocycles. The molecule has 0 bridgehead atoms. The second-order valence-electron chi connectivity index (χ2n) is 5.77. The van der Waals surface area contributed by atoms with Crippen molar-refractivity contribution < 1.29 is 8.42 Å². The van der Waals surface area contributed by atoms with E-state index in [9.17, 15) is 8.42 Å². The largest absolute Gasteiger partial charge is 0.329 e. The summed E-state index contributed by atoms with van der Waals surface area (Å²) in [6.07, 6.45) is 4.30. The molecule has 0 amide bonds. The Hall–Kier alpha value is -0.130. The monoisotopic (exact) mass is 260 g/mol. The maximum Gasteiger partial charge on any atom is 0.151 e. The van der Waals surface area contributed by atoms with Crippen molar-refractivity contribution in [3.8, 4) is 0 Å². The average molecular weight is 260 g/mol. The predicted octanol–water partition coefficient (Wildman–Crippen LogP) is 0.623. The van der Waals surface area contributed by atoms with Crippen molar-refractivity contribution in [1.29, 1.82) is 0 Å². The average Bonchev–Trinajstić information content (AvgIpc) is 2.81. The van der Waals surface area contributed by atoms with Gasteiger partial charge < -0.3 is 5.73 Å². The van der Waals surface area contributed by atoms with E-state index in [4.69, 9.17) is 5.73 Å². The van der Waals surface area contributed by atoms with Gasteiger partial charge in [-0.05, 0) is 32.2 Å². The minimum absolute atomic E-state index is 0.0323. The van der Waals surface area contributed by atoms with E-state index in [1.807, 2.05) is 0 Å². The zero-order valence-electron chi connectivity index (χ0n) is 10.9. The molecule has 0 aromatic rings. The van der Waals surface area contributed by atoms with Crippen LogP contribution >= 0.6 is 0 Å². The molecule has 0 radical (unpaired) electrons. The van der Waals surface area contributed by atoms with Gasteiger partial charge in [-0.1, -0.05) is 13.3 Å². The van der Waals surface area contributed by atoms with Gasteiger partial charge in [0.05, 0.1) is 11.5 Å². The number of nitrogens with zero attached hydrogens (tertiary/aromatic N) is 1. The van der Waals surface area contributed by atoms with Crippen molar-refractivity contribution >= 4 is 9.84 Å². The number of rotatable bonds is 3. The lowest BCUT2D eigenvalue weighted by Crippen LogP contribution is -2.57. The number of nitrogens with two attached hydrogens (primary N) is 1. The lowest BCUT2D eigenvalue weighted by Gasteiger charge is -2.44. The molecule has 1 heterocycles. The van der Waals surface area contributed by atoms with Crippen LogP contribution in [0.1, 0.15) is 32.6 Å². The van der Waals surface area contributed by atoms with Gasteiger partial charge in [0.25, 0.3) is 0 Å². The van der Waals surface area contributed by atoms with Crippen LogP contribution in [0.3, 0.4) is 0 Å². The van der Waals surface area contributed by atoms with Crippen LogP contribution in [0.5, 0.6) is 0 Å². The van der Waals surface area contributed by atoms with Crippen LogP contribution in [0.2, 0.25) is 0 Å². The molecule has 1 saturated carbocycles. The molecular weight excluding hydrogens is 236 g/mol. The van der Waals surface area contributed by atoms with E-state index in [1.54, 1.807) is 0 Å². The molecule has 2 rings (SSSR count). The van der Waals surface area contributed by atoms with Gasteiger partial charge in [-0.15, -0.1) is 0 Å². The minimum atomic E-state index is -2.80. The first-order valence-electron chi connectivity index (χ1n) is 6.55. The molecule has 0 aromatic carbocycles. The molecule has 0 aromatic heterocycles. The Bertz CT molecular complexity index is 382. The first-order chi connectivity index (χ1) is 7.91. The van der Waals surface area contributed by atoms with Crippen LogP contribution in [0.4, 0.5) is 0 Å². The first-order valence-corrected chi connectivity index (χ1v) is 8.37. The van der Waals surface area contributed by atoms with Crippen molar-refractivity contribution in [2.24, 2.45) is 11.7 Å². The second kappa shape index (κ2) is 4.52. The van der Waals surface area contributed by atoms with Gasteiger partial charge in [0, 0.05) is 18.1 Å². The quantitative estimate of drug-likeness (QED) is 0.808. The molecule has 100 valence electrons. The van der Waals surface area contributed by atoms with Gasteiger partial charge in [-0.2, -0.15) is 0 Å². The minimum Gasteiger partial charge on any atom is -0.329 e. The van der Waals surface area contributed by atoms with Crippen LogP contribution in [0.25, 0.3) is 0 Å². The maximum atomic E-state index is 11.6. The van der Waals surface area contributed by atoms with Crippen LogP contribution in [0, 0.1) is 5.92 Å². The summed E-state index contributed by atoms with van der Waals surface area (Å²) in [4.78, 5) is 2.29. The summed E-state index contributed by atoms with van der Waals surface area (Å²) in [6, 6.07) is 0.170. The summed E-state index contributed by atoms with van der Waals surface area (Å²) < 4.78 is 23.2. The standard InChI is InChI=1S/C12H24N2O2S/c1-10-4-3-6-12(10,9-13)14(2)11-5-7-17(15,16)8-11/h10-11H,3-9,13H2,1-2H3. The topological polar surface area (TPSA) is 63.4 Å². The molecule has 1 saturated heterocycles. The Morgan fingerprint density at radius 3 is 2.53 bits per heavy atom. The lowest BCUT2D eigenvalue weighted by atomic mass is 9.85. The van der Waals surface area contributed by atoms with Gasteiger partial charge in [-0.3, -0.25) is 4.90 Å². The van der Waals surface area contributed by atoms with Crippen molar-refractivity contribution in [1.82, 2.24) is 4.90 Å². The molecule has 0 spiro atoms. The molecule has 2 N–H and O–H groups in total. The smallest absolute Gasteiger partial charge is 0.151 e. The Labute approximate surface area is 104 Å². The Kier molecular flexibility index (Phi) is 3.54. The molecule has 3 unspecified atom stereocenters. The Morgan fingerprint density at radius 1 is 1.41 bits per heavy atom. The molecule has 17 heavy (non-hydrogen) atoms. The molecule has 2 aliphatic rings. The third-order valence-electron chi connectivity index (χ3n) is 4.98. The summed E-state index contributed by atoms with van der Waals surface area (Å²) in [5.74, 6) is 1.23. The number of likely N-dealkylation sites (N-methyl/N-ethyl adjacent to an activating group) is 1. The van der Waals surface area contributed by atoms with E-state index >= 15 is 0 Å². The van der Waals surface area contributed by atoms with Gasteiger partial charge in [0.2, 0.25) is 0 Å². The number of sulfone groups is 1. The van der Waals surface area contributed by atoms with Crippen LogP contribution in [-0.4, -0.2) is 50.0 Å². The van der Waals surface area contributed by atoms with Gasteiger partial charge in [0.1, 0.15) is 0 Å². The molecule has 1 aliphatic carbocycles. The summed E-state index contributed by atoms with van der Waals surface area (Å²) in [5, 5.41) is 0. The van der Waals surface area contributed by atoms with Crippen molar-refractivity contribution in [2.45, 2.75) is 44.2 Å². The number of hydrogen-bond acceptors (Lipinski definition) is 4. The summed E-state index contributed by atoms with van der Waals surface area (Å²) >= 11 is 0. The fourth-order valence-corrected chi connectivity index (χ4v) is 5.42. The Morgan fingerprint density at radius 2 is 2.12 bits per heavy atom. The van der Waals surface area contributed by atoms with Crippen LogP contribution in [0.15, 0.2) is 0 Å². The van der Waals surface area contributed by atoms with E-state index in [0.717, 1.165) is 12.8 Å². The second-order valence-corrected chi connectivity index (χ2v) is 8.00. The third kappa shape index (κ3) is 2.25. The maximum absolute atomic E-state index is 11.6. The molecule has 3 atom stereocenters. The van der Waals surface area contributed by atoms with Gasteiger partial charge in [0.15, 0.2) is 9.84 Å². The summed E-state index contributed by atoms with van der Waals surface area (Å²) in [6.45, 7) is 2.89. The van der Waals surface area contributed by atoms with Gasteiger partial charge >= 0.3 is 0 Å². The zero-order valence-corrected chi connectivity index (χ0v) is 11.7. The number of hydrogen-bond donors (Lipinski definition) is 1. The van der Waals surface area contributed by atoms with E-state index in [-0.39, 0.29) is 11.6 Å². The normalized spacial score (nSPS) is 41.2. The van der Waals surface area contributed by atoms with Crippen LogP contribution in [-0.2, 0) is 9.84 Å². The third-order valence-corrected chi connectivity index (χ3v) is 6.73. The van der Waals surface area contributed by atoms with Crippen LogP contribution < -0.4 is 5.73 Å². The summed E-state index contributed by atoms with van der Waals surface area (Å²) in [5.41, 5.74) is 6.04. The van der Waals surface area contributed by atoms with E-state index in [1.165, 1.54) is 12.8 Å². The highest BCUT2D eigenvalue weighted by Crippen LogP contribution is 2.41. The fraction of sp³-hybridized carbons (Fsp3) is 1.00. The van der Waals surface area contributed by atoms with E-state index in [2.05, 4.69) is 18.9 Å². The molecule has 2 fully saturated rings. The highest BCUT2D eigenvalue weighted by Gasteiger charge is 2.46. The first kappa shape index (κ1) is 13.3. The highest BCUT2D eigenvalue weighted by molar-refractivity contribution is 7.91. The highest BCUT2D eigenvalue weighted by atomic mass is 32.2. The lowest BCUT2D eigenvalue weighted by molar-refractivity contribution is 0.0584. The van der Waals surface area contributed by atoms with E-state index < -0.39 is 9.84 Å². The van der Waals surface area contributed by atoms with Crippen molar-refractivity contribution in [3.63, 3.8) is 0 Å².